The van der Waals surface area contributed by atoms with Crippen molar-refractivity contribution in [2.24, 2.45) is 0 Å². The second kappa shape index (κ2) is 5.75. The molecule has 0 saturated carbocycles. The molecular weight excluding hydrogens is 178 g/mol. The smallest absolute Gasteiger partial charge is 0.286 e. The van der Waals surface area contributed by atoms with Crippen LogP contribution in [-0.4, -0.2) is 14.9 Å². The van der Waals surface area contributed by atoms with Crippen LogP contribution in [0, 0.1) is 15.3 Å². The molecule has 8 heteroatoms. The van der Waals surface area contributed by atoms with Gasteiger partial charge < -0.3 is 15.3 Å². The molecule has 0 bridgehead atoms. The van der Waals surface area contributed by atoms with Crippen molar-refractivity contribution in [2.75, 3.05) is 5.84 Å². The SMILES string of the molecule is CCCn1c[n+](N)cn1.O=[N+]([O-])[O-]. The minimum absolute atomic E-state index is 0.935. The Morgan fingerprint density at radius 2 is 2.23 bits per heavy atom. The van der Waals surface area contributed by atoms with Crippen LogP contribution in [0.2, 0.25) is 0 Å². The van der Waals surface area contributed by atoms with Gasteiger partial charge in [0, 0.05) is 5.10 Å². The van der Waals surface area contributed by atoms with E-state index in [9.17, 15) is 0 Å². The van der Waals surface area contributed by atoms with Crippen LogP contribution in [-0.2, 0) is 6.54 Å². The van der Waals surface area contributed by atoms with E-state index in [2.05, 4.69) is 12.0 Å². The minimum Gasteiger partial charge on any atom is -0.356 e. The molecule has 74 valence electrons. The molecule has 1 heterocycles. The highest BCUT2D eigenvalue weighted by atomic mass is 16.9. The first kappa shape index (κ1) is 11.1. The second-order valence-electron chi connectivity index (χ2n) is 2.18. The Balaban J connectivity index is 0.000000310. The summed E-state index contributed by atoms with van der Waals surface area (Å²) in [4.78, 5) is 8.25. The first-order chi connectivity index (χ1) is 6.06. The fraction of sp³-hybridized carbons (Fsp3) is 0.600. The average molecular weight is 189 g/mol. The van der Waals surface area contributed by atoms with Crippen molar-refractivity contribution in [3.63, 3.8) is 0 Å². The van der Waals surface area contributed by atoms with Gasteiger partial charge in [0.15, 0.2) is 0 Å². The summed E-state index contributed by atoms with van der Waals surface area (Å²) in [5.74, 6) is 5.34. The number of aryl methyl sites for hydroxylation is 1. The Kier molecular flexibility index (Phi) is 4.93. The molecule has 0 amide bonds. The van der Waals surface area contributed by atoms with Crippen LogP contribution in [0.5, 0.6) is 0 Å². The molecule has 0 fully saturated rings. The molecule has 8 nitrogen and oxygen atoms in total. The standard InChI is InChI=1S/C5H11N4.NO3/c1-2-3-9-5-8(6)4-7-9;2-1(3)4/h4-5H,2-3,6H2,1H3;/q+1;-1. The summed E-state index contributed by atoms with van der Waals surface area (Å²) < 4.78 is 3.25. The van der Waals surface area contributed by atoms with Crippen LogP contribution >= 0.6 is 0 Å². The van der Waals surface area contributed by atoms with Gasteiger partial charge in [0.2, 0.25) is 6.33 Å². The van der Waals surface area contributed by atoms with E-state index in [-0.39, 0.29) is 0 Å². The summed E-state index contributed by atoms with van der Waals surface area (Å²) in [7, 11) is 0. The topological polar surface area (TPSA) is 114 Å². The Bertz CT molecular complexity index is 256. The predicted octanol–water partition coefficient (Wildman–Crippen LogP) is -0.945. The van der Waals surface area contributed by atoms with Crippen LogP contribution in [0.3, 0.4) is 0 Å². The number of hydrogen-bond donors (Lipinski definition) is 1. The quantitative estimate of drug-likeness (QED) is 0.279. The maximum Gasteiger partial charge on any atom is 0.286 e. The van der Waals surface area contributed by atoms with Gasteiger partial charge in [-0.15, -0.1) is 9.36 Å². The molecule has 2 N–H and O–H groups in total. The van der Waals surface area contributed by atoms with Gasteiger partial charge in [-0.05, 0) is 6.42 Å². The number of rotatable bonds is 2. The van der Waals surface area contributed by atoms with Crippen molar-refractivity contribution in [2.45, 2.75) is 19.9 Å². The van der Waals surface area contributed by atoms with E-state index in [0.29, 0.717) is 0 Å². The first-order valence-electron chi connectivity index (χ1n) is 3.56. The van der Waals surface area contributed by atoms with Gasteiger partial charge in [0.05, 0.1) is 5.09 Å². The molecule has 0 spiro atoms. The van der Waals surface area contributed by atoms with Crippen molar-refractivity contribution in [1.29, 1.82) is 0 Å². The second-order valence-corrected chi connectivity index (χ2v) is 2.18. The maximum absolute atomic E-state index is 8.25. The summed E-state index contributed by atoms with van der Waals surface area (Å²) in [6, 6.07) is 0. The molecule has 0 aliphatic carbocycles. The lowest BCUT2D eigenvalue weighted by molar-refractivity contribution is -0.639. The third kappa shape index (κ3) is 6.53. The zero-order valence-corrected chi connectivity index (χ0v) is 7.16. The van der Waals surface area contributed by atoms with E-state index < -0.39 is 5.09 Å². The Labute approximate surface area is 74.3 Å². The highest BCUT2D eigenvalue weighted by Crippen LogP contribution is 1.80. The summed E-state index contributed by atoms with van der Waals surface area (Å²) in [5.41, 5.74) is 0. The van der Waals surface area contributed by atoms with Gasteiger partial charge in [0.25, 0.3) is 6.33 Å². The zero-order valence-electron chi connectivity index (χ0n) is 7.16. The lowest BCUT2D eigenvalue weighted by Gasteiger charge is -1.83. The number of nitrogens with two attached hydrogens (primary N) is 1. The summed E-state index contributed by atoms with van der Waals surface area (Å²) >= 11 is 0. The van der Waals surface area contributed by atoms with Crippen molar-refractivity contribution in [1.82, 2.24) is 9.78 Å². The highest BCUT2D eigenvalue weighted by Gasteiger charge is 1.98. The largest absolute Gasteiger partial charge is 0.356 e. The van der Waals surface area contributed by atoms with E-state index in [0.717, 1.165) is 13.0 Å². The molecular formula is C5H11N5O3. The molecule has 1 aromatic rings. The monoisotopic (exact) mass is 189 g/mol. The van der Waals surface area contributed by atoms with E-state index >= 15 is 0 Å². The number of aromatic nitrogens is 3. The summed E-state index contributed by atoms with van der Waals surface area (Å²) in [6.45, 7) is 3.03. The molecule has 1 aromatic heterocycles. The van der Waals surface area contributed by atoms with Crippen LogP contribution in [0.15, 0.2) is 12.7 Å². The fourth-order valence-electron chi connectivity index (χ4n) is 0.684. The lowest BCUT2D eigenvalue weighted by Crippen LogP contribution is -2.41. The van der Waals surface area contributed by atoms with E-state index in [1.54, 1.807) is 17.3 Å². The predicted molar refractivity (Wildman–Crippen MR) is 43.2 cm³/mol. The average Bonchev–Trinajstić information content (AvgIpc) is 2.35. The van der Waals surface area contributed by atoms with Gasteiger partial charge in [-0.2, -0.15) is 0 Å². The molecule has 0 unspecified atom stereocenters. The maximum atomic E-state index is 8.25. The number of nitrogen functional groups attached to an aromatic ring is 1. The van der Waals surface area contributed by atoms with E-state index in [1.807, 2.05) is 0 Å². The Hall–Kier alpha value is -1.86. The molecule has 0 radical (unpaired) electrons. The van der Waals surface area contributed by atoms with Gasteiger partial charge >= 0.3 is 0 Å². The highest BCUT2D eigenvalue weighted by molar-refractivity contribution is 4.43. The molecule has 1 rings (SSSR count). The number of nitrogens with zero attached hydrogens (tertiary/aromatic N) is 4. The van der Waals surface area contributed by atoms with Gasteiger partial charge in [-0.1, -0.05) is 6.92 Å². The van der Waals surface area contributed by atoms with Crippen LogP contribution in [0.25, 0.3) is 0 Å². The van der Waals surface area contributed by atoms with Gasteiger partial charge in [-0.3, -0.25) is 5.84 Å². The van der Waals surface area contributed by atoms with Crippen molar-refractivity contribution in [3.8, 4) is 0 Å². The molecule has 0 aliphatic rings. The van der Waals surface area contributed by atoms with Crippen molar-refractivity contribution >= 4 is 0 Å². The van der Waals surface area contributed by atoms with Gasteiger partial charge in [0.1, 0.15) is 6.54 Å². The first-order valence-corrected chi connectivity index (χ1v) is 3.56. The Morgan fingerprint density at radius 1 is 1.69 bits per heavy atom. The van der Waals surface area contributed by atoms with E-state index in [4.69, 9.17) is 21.2 Å². The molecule has 0 saturated heterocycles. The fourth-order valence-corrected chi connectivity index (χ4v) is 0.684. The summed E-state index contributed by atoms with van der Waals surface area (Å²) in [5, 5.41) is 18.7. The van der Waals surface area contributed by atoms with Crippen molar-refractivity contribution < 1.29 is 9.76 Å². The molecule has 0 aliphatic heterocycles. The molecule has 13 heavy (non-hydrogen) atoms. The third-order valence-corrected chi connectivity index (χ3v) is 1.05. The van der Waals surface area contributed by atoms with Gasteiger partial charge in [-0.25, -0.2) is 0 Å². The van der Waals surface area contributed by atoms with Crippen LogP contribution < -0.4 is 10.5 Å². The zero-order chi connectivity index (χ0) is 10.3. The Morgan fingerprint density at radius 3 is 2.54 bits per heavy atom. The lowest BCUT2D eigenvalue weighted by atomic mass is 10.5. The molecule has 0 aromatic carbocycles. The number of hydrogen-bond acceptors (Lipinski definition) is 5. The van der Waals surface area contributed by atoms with Crippen LogP contribution in [0.4, 0.5) is 0 Å². The minimum atomic E-state index is -1.75. The third-order valence-electron chi connectivity index (χ3n) is 1.05. The molecule has 0 atom stereocenters. The van der Waals surface area contributed by atoms with Crippen LogP contribution in [0.1, 0.15) is 13.3 Å². The normalized spacial score (nSPS) is 8.69. The van der Waals surface area contributed by atoms with E-state index in [1.165, 1.54) is 4.68 Å². The summed E-state index contributed by atoms with van der Waals surface area (Å²) in [6.07, 6.45) is 4.42. The van der Waals surface area contributed by atoms with Crippen molar-refractivity contribution in [3.05, 3.63) is 28.0 Å².